The maximum Gasteiger partial charge on any atom is 0.264 e. The molecule has 0 aliphatic heterocycles. The number of nitrogens with zero attached hydrogens (tertiary/aromatic N) is 1. The highest BCUT2D eigenvalue weighted by Crippen LogP contribution is 2.33. The number of sulfone groups is 1. The van der Waals surface area contributed by atoms with E-state index in [9.17, 15) is 18.0 Å². The molecule has 0 bridgehead atoms. The van der Waals surface area contributed by atoms with Crippen LogP contribution in [-0.4, -0.2) is 35.1 Å². The molecular formula is C26H30N2O5S. The van der Waals surface area contributed by atoms with E-state index in [4.69, 9.17) is 5.21 Å². The number of hydroxylamine groups is 1. The van der Waals surface area contributed by atoms with Gasteiger partial charge < -0.3 is 4.57 Å². The van der Waals surface area contributed by atoms with Crippen LogP contribution in [0.15, 0.2) is 59.5 Å². The van der Waals surface area contributed by atoms with Gasteiger partial charge in [0.2, 0.25) is 0 Å². The smallest absolute Gasteiger partial charge is 0.264 e. The first-order valence-corrected chi connectivity index (χ1v) is 13.4. The van der Waals surface area contributed by atoms with Crippen molar-refractivity contribution in [3.8, 4) is 11.1 Å². The van der Waals surface area contributed by atoms with Crippen molar-refractivity contribution < 1.29 is 18.4 Å². The first-order valence-electron chi connectivity index (χ1n) is 11.5. The van der Waals surface area contributed by atoms with Gasteiger partial charge in [0.1, 0.15) is 0 Å². The van der Waals surface area contributed by atoms with E-state index in [1.165, 1.54) is 41.8 Å². The van der Waals surface area contributed by atoms with Gasteiger partial charge in [-0.05, 0) is 72.4 Å². The quantitative estimate of drug-likeness (QED) is 0.357. The van der Waals surface area contributed by atoms with Gasteiger partial charge in [0, 0.05) is 24.4 Å². The normalized spacial score (nSPS) is 15.7. The van der Waals surface area contributed by atoms with E-state index in [-0.39, 0.29) is 18.5 Å². The molecule has 1 atom stereocenters. The standard InChI is InChI=1S/C26H30N2O5S/c1-26(25(30)27-31,34(2,32)33)14-16-28-15-13-22-17-21(11-12-23(22)24(28)29)20-9-7-19(8-10-20)6-5-18-3-4-18/h7-13,15,17-18,31H,3-6,14,16H2,1-2H3,(H,27,30)/t26-/m1/s1. The predicted molar refractivity (Wildman–Crippen MR) is 132 cm³/mol. The Morgan fingerprint density at radius 1 is 1.12 bits per heavy atom. The number of aromatic nitrogens is 1. The summed E-state index contributed by atoms with van der Waals surface area (Å²) in [6.07, 6.45) is 7.49. The minimum atomic E-state index is -3.83. The molecule has 1 heterocycles. The molecule has 0 saturated heterocycles. The second-order valence-corrected chi connectivity index (χ2v) is 11.9. The van der Waals surface area contributed by atoms with E-state index in [0.29, 0.717) is 5.39 Å². The van der Waals surface area contributed by atoms with Crippen molar-refractivity contribution in [2.24, 2.45) is 5.92 Å². The third-order valence-electron chi connectivity index (χ3n) is 7.03. The lowest BCUT2D eigenvalue weighted by Gasteiger charge is -2.25. The van der Waals surface area contributed by atoms with Crippen LogP contribution in [0, 0.1) is 5.92 Å². The van der Waals surface area contributed by atoms with Crippen molar-refractivity contribution >= 4 is 26.5 Å². The third kappa shape index (κ3) is 4.93. The first kappa shape index (κ1) is 24.2. The van der Waals surface area contributed by atoms with Crippen LogP contribution in [0.3, 0.4) is 0 Å². The number of carbonyl (C=O) groups is 1. The number of nitrogens with one attached hydrogen (secondary N) is 1. The fourth-order valence-electron chi connectivity index (χ4n) is 4.20. The molecule has 180 valence electrons. The number of aryl methyl sites for hydroxylation is 2. The third-order valence-corrected chi connectivity index (χ3v) is 9.06. The van der Waals surface area contributed by atoms with E-state index in [1.807, 2.05) is 18.2 Å². The van der Waals surface area contributed by atoms with Crippen molar-refractivity contribution in [1.82, 2.24) is 10.0 Å². The summed E-state index contributed by atoms with van der Waals surface area (Å²) in [6, 6.07) is 16.0. The number of hydrogen-bond acceptors (Lipinski definition) is 5. The summed E-state index contributed by atoms with van der Waals surface area (Å²) >= 11 is 0. The molecule has 3 aromatic rings. The van der Waals surface area contributed by atoms with Crippen LogP contribution in [-0.2, 0) is 27.6 Å². The number of rotatable bonds is 9. The minimum Gasteiger partial charge on any atom is -0.315 e. The Bertz CT molecular complexity index is 1370. The molecule has 1 saturated carbocycles. The summed E-state index contributed by atoms with van der Waals surface area (Å²) in [5.41, 5.74) is 4.61. The monoisotopic (exact) mass is 482 g/mol. The molecule has 2 aromatic carbocycles. The fourth-order valence-corrected chi connectivity index (χ4v) is 5.05. The number of hydrogen-bond donors (Lipinski definition) is 2. The van der Waals surface area contributed by atoms with Gasteiger partial charge in [-0.3, -0.25) is 14.8 Å². The second kappa shape index (κ2) is 9.35. The molecule has 0 unspecified atom stereocenters. The molecular weight excluding hydrogens is 452 g/mol. The Kier molecular flexibility index (Phi) is 6.64. The summed E-state index contributed by atoms with van der Waals surface area (Å²) in [5.74, 6) is -0.108. The number of benzene rings is 2. The zero-order valence-electron chi connectivity index (χ0n) is 19.5. The Hall–Kier alpha value is -2.97. The van der Waals surface area contributed by atoms with Crippen LogP contribution < -0.4 is 11.0 Å². The van der Waals surface area contributed by atoms with Gasteiger partial charge in [0.05, 0.1) is 0 Å². The minimum absolute atomic E-state index is 0.00976. The SMILES string of the molecule is C[C@@](CCn1ccc2cc(-c3ccc(CCC4CC4)cc3)ccc2c1=O)(C(=O)NO)S(C)(=O)=O. The molecule has 0 spiro atoms. The lowest BCUT2D eigenvalue weighted by molar-refractivity contribution is -0.131. The molecule has 8 heteroatoms. The Morgan fingerprint density at radius 2 is 1.79 bits per heavy atom. The Balaban J connectivity index is 1.54. The summed E-state index contributed by atoms with van der Waals surface area (Å²) in [5, 5.41) is 10.3. The summed E-state index contributed by atoms with van der Waals surface area (Å²) in [7, 11) is -3.83. The molecule has 2 N–H and O–H groups in total. The highest BCUT2D eigenvalue weighted by Gasteiger charge is 2.43. The molecule has 34 heavy (non-hydrogen) atoms. The van der Waals surface area contributed by atoms with Crippen molar-refractivity contribution in [2.45, 2.75) is 50.3 Å². The Labute approximate surface area is 199 Å². The number of fused-ring (bicyclic) bond motifs is 1. The molecule has 1 aliphatic carbocycles. The zero-order valence-corrected chi connectivity index (χ0v) is 20.3. The average Bonchev–Trinajstić information content (AvgIpc) is 3.65. The van der Waals surface area contributed by atoms with Crippen molar-refractivity contribution in [3.63, 3.8) is 0 Å². The van der Waals surface area contributed by atoms with Gasteiger partial charge in [0.15, 0.2) is 14.6 Å². The fraction of sp³-hybridized carbons (Fsp3) is 0.385. The van der Waals surface area contributed by atoms with E-state index in [1.54, 1.807) is 12.3 Å². The van der Waals surface area contributed by atoms with Gasteiger partial charge in [-0.15, -0.1) is 0 Å². The second-order valence-electron chi connectivity index (χ2n) is 9.49. The molecule has 1 aromatic heterocycles. The lowest BCUT2D eigenvalue weighted by atomic mass is 9.99. The van der Waals surface area contributed by atoms with E-state index in [2.05, 4.69) is 24.3 Å². The summed E-state index contributed by atoms with van der Waals surface area (Å²) in [6.45, 7) is 1.25. The predicted octanol–water partition coefficient (Wildman–Crippen LogP) is 3.71. The van der Waals surface area contributed by atoms with Gasteiger partial charge in [-0.2, -0.15) is 0 Å². The highest BCUT2D eigenvalue weighted by molar-refractivity contribution is 7.92. The largest absolute Gasteiger partial charge is 0.315 e. The van der Waals surface area contributed by atoms with Crippen LogP contribution in [0.1, 0.15) is 38.2 Å². The zero-order chi connectivity index (χ0) is 24.5. The molecule has 1 fully saturated rings. The molecule has 1 aliphatic rings. The van der Waals surface area contributed by atoms with Crippen LogP contribution in [0.25, 0.3) is 21.9 Å². The maximum atomic E-state index is 13.0. The van der Waals surface area contributed by atoms with E-state index in [0.717, 1.165) is 35.1 Å². The number of pyridine rings is 1. The van der Waals surface area contributed by atoms with Gasteiger partial charge >= 0.3 is 0 Å². The highest BCUT2D eigenvalue weighted by atomic mass is 32.2. The van der Waals surface area contributed by atoms with E-state index >= 15 is 0 Å². The van der Waals surface area contributed by atoms with Gasteiger partial charge in [-0.25, -0.2) is 13.9 Å². The van der Waals surface area contributed by atoms with Crippen molar-refractivity contribution in [2.75, 3.05) is 6.26 Å². The number of amides is 1. The average molecular weight is 483 g/mol. The molecule has 4 rings (SSSR count). The molecule has 0 radical (unpaired) electrons. The summed E-state index contributed by atoms with van der Waals surface area (Å²) in [4.78, 5) is 25.1. The van der Waals surface area contributed by atoms with Crippen molar-refractivity contribution in [1.29, 1.82) is 0 Å². The van der Waals surface area contributed by atoms with Crippen molar-refractivity contribution in [3.05, 3.63) is 70.6 Å². The first-order chi connectivity index (χ1) is 16.1. The Morgan fingerprint density at radius 3 is 2.41 bits per heavy atom. The lowest BCUT2D eigenvalue weighted by Crippen LogP contribution is -2.49. The van der Waals surface area contributed by atoms with Gasteiger partial charge in [-0.1, -0.05) is 43.2 Å². The summed E-state index contributed by atoms with van der Waals surface area (Å²) < 4.78 is 23.9. The molecule has 1 amide bonds. The van der Waals surface area contributed by atoms with Crippen LogP contribution in [0.4, 0.5) is 0 Å². The molecule has 7 nitrogen and oxygen atoms in total. The van der Waals surface area contributed by atoms with Crippen LogP contribution in [0.2, 0.25) is 0 Å². The van der Waals surface area contributed by atoms with Gasteiger partial charge in [0.25, 0.3) is 11.5 Å². The van der Waals surface area contributed by atoms with Crippen LogP contribution >= 0.6 is 0 Å². The van der Waals surface area contributed by atoms with E-state index < -0.39 is 20.5 Å². The maximum absolute atomic E-state index is 13.0. The number of carbonyl (C=O) groups excluding carboxylic acids is 1. The van der Waals surface area contributed by atoms with Crippen LogP contribution in [0.5, 0.6) is 0 Å². The topological polar surface area (TPSA) is 105 Å².